The number of fused-ring (bicyclic) bond motifs is 1. The van der Waals surface area contributed by atoms with Gasteiger partial charge in [0.1, 0.15) is 0 Å². The Morgan fingerprint density at radius 1 is 1.26 bits per heavy atom. The Hall–Kier alpha value is -2.05. The van der Waals surface area contributed by atoms with Crippen molar-refractivity contribution in [3.63, 3.8) is 0 Å². The maximum atomic E-state index is 11.9. The number of rotatable bonds is 5. The number of amides is 2. The SMILES string of the molecule is Cc1cc2cc(NC(=O)CNC(=O)[C@@H](N)C(C)C)ccc2[nH]1.Cl. The Kier molecular flexibility index (Phi) is 6.60. The predicted molar refractivity (Wildman–Crippen MR) is 94.7 cm³/mol. The zero-order valence-corrected chi connectivity index (χ0v) is 14.3. The summed E-state index contributed by atoms with van der Waals surface area (Å²) in [6.07, 6.45) is 0. The van der Waals surface area contributed by atoms with Gasteiger partial charge < -0.3 is 21.4 Å². The number of benzene rings is 1. The number of hydrogen-bond acceptors (Lipinski definition) is 3. The number of nitrogens with one attached hydrogen (secondary N) is 3. The number of aromatic nitrogens is 1. The molecular formula is C16H23ClN4O2. The molecule has 1 atom stereocenters. The van der Waals surface area contributed by atoms with Crippen LogP contribution >= 0.6 is 12.4 Å². The quantitative estimate of drug-likeness (QED) is 0.670. The summed E-state index contributed by atoms with van der Waals surface area (Å²) in [7, 11) is 0. The van der Waals surface area contributed by atoms with Gasteiger partial charge in [0.05, 0.1) is 12.6 Å². The van der Waals surface area contributed by atoms with Crippen molar-refractivity contribution < 1.29 is 9.59 Å². The fourth-order valence-electron chi connectivity index (χ4n) is 2.15. The lowest BCUT2D eigenvalue weighted by molar-refractivity contribution is -0.125. The molecule has 5 N–H and O–H groups in total. The molecule has 0 aliphatic heterocycles. The molecule has 2 aromatic rings. The molecule has 0 saturated heterocycles. The first-order valence-electron chi connectivity index (χ1n) is 7.29. The van der Waals surface area contributed by atoms with E-state index in [0.717, 1.165) is 16.6 Å². The van der Waals surface area contributed by atoms with Gasteiger partial charge in [0.25, 0.3) is 0 Å². The van der Waals surface area contributed by atoms with Gasteiger partial charge >= 0.3 is 0 Å². The number of aromatic amines is 1. The third-order valence-electron chi connectivity index (χ3n) is 3.48. The van der Waals surface area contributed by atoms with Crippen LogP contribution < -0.4 is 16.4 Å². The van der Waals surface area contributed by atoms with Gasteiger partial charge in [-0.3, -0.25) is 9.59 Å². The maximum absolute atomic E-state index is 11.9. The van der Waals surface area contributed by atoms with Crippen molar-refractivity contribution >= 4 is 40.8 Å². The zero-order chi connectivity index (χ0) is 16.3. The predicted octanol–water partition coefficient (Wildman–Crippen LogP) is 1.94. The molecular weight excluding hydrogens is 316 g/mol. The van der Waals surface area contributed by atoms with Crippen molar-refractivity contribution in [1.82, 2.24) is 10.3 Å². The number of aryl methyl sites for hydroxylation is 1. The minimum atomic E-state index is -0.605. The van der Waals surface area contributed by atoms with Gasteiger partial charge in [0.2, 0.25) is 11.8 Å². The minimum absolute atomic E-state index is 0. The van der Waals surface area contributed by atoms with E-state index >= 15 is 0 Å². The van der Waals surface area contributed by atoms with Crippen molar-refractivity contribution in [3.8, 4) is 0 Å². The molecule has 1 aromatic carbocycles. The van der Waals surface area contributed by atoms with E-state index in [4.69, 9.17) is 5.73 Å². The molecule has 7 heteroatoms. The lowest BCUT2D eigenvalue weighted by Crippen LogP contribution is -2.46. The third-order valence-corrected chi connectivity index (χ3v) is 3.48. The van der Waals surface area contributed by atoms with E-state index in [-0.39, 0.29) is 36.7 Å². The topological polar surface area (TPSA) is 100 Å². The van der Waals surface area contributed by atoms with E-state index < -0.39 is 6.04 Å². The van der Waals surface area contributed by atoms with E-state index in [2.05, 4.69) is 15.6 Å². The number of carbonyl (C=O) groups is 2. The first-order chi connectivity index (χ1) is 10.4. The minimum Gasteiger partial charge on any atom is -0.359 e. The van der Waals surface area contributed by atoms with Crippen LogP contribution in [-0.2, 0) is 9.59 Å². The smallest absolute Gasteiger partial charge is 0.243 e. The Labute approximate surface area is 141 Å². The Morgan fingerprint density at radius 2 is 1.96 bits per heavy atom. The summed E-state index contributed by atoms with van der Waals surface area (Å²) in [6, 6.07) is 7.02. The summed E-state index contributed by atoms with van der Waals surface area (Å²) in [4.78, 5) is 26.8. The van der Waals surface area contributed by atoms with E-state index in [1.54, 1.807) is 0 Å². The monoisotopic (exact) mass is 338 g/mol. The second kappa shape index (κ2) is 7.99. The summed E-state index contributed by atoms with van der Waals surface area (Å²) >= 11 is 0. The molecule has 1 heterocycles. The Balaban J connectivity index is 0.00000264. The summed E-state index contributed by atoms with van der Waals surface area (Å²) < 4.78 is 0. The molecule has 2 rings (SSSR count). The normalized spacial score (nSPS) is 11.9. The van der Waals surface area contributed by atoms with Crippen molar-refractivity contribution in [2.24, 2.45) is 11.7 Å². The Bertz CT molecular complexity index is 696. The van der Waals surface area contributed by atoms with Crippen LogP contribution in [0.3, 0.4) is 0 Å². The van der Waals surface area contributed by atoms with Crippen molar-refractivity contribution in [3.05, 3.63) is 30.0 Å². The maximum Gasteiger partial charge on any atom is 0.243 e. The number of H-pyrrole nitrogens is 1. The lowest BCUT2D eigenvalue weighted by atomic mass is 10.1. The third kappa shape index (κ3) is 4.97. The van der Waals surface area contributed by atoms with Crippen LogP contribution in [0.15, 0.2) is 24.3 Å². The van der Waals surface area contributed by atoms with E-state index in [9.17, 15) is 9.59 Å². The number of anilines is 1. The van der Waals surface area contributed by atoms with Gasteiger partial charge in [-0.15, -0.1) is 12.4 Å². The molecule has 0 unspecified atom stereocenters. The molecule has 2 amide bonds. The van der Waals surface area contributed by atoms with Gasteiger partial charge in [-0.1, -0.05) is 13.8 Å². The fraction of sp³-hybridized carbons (Fsp3) is 0.375. The molecule has 23 heavy (non-hydrogen) atoms. The fourth-order valence-corrected chi connectivity index (χ4v) is 2.15. The van der Waals surface area contributed by atoms with Crippen LogP contribution in [0.1, 0.15) is 19.5 Å². The standard InChI is InChI=1S/C16H22N4O2.ClH/c1-9(2)15(17)16(22)18-8-14(21)20-12-4-5-13-11(7-12)6-10(3)19-13;/h4-7,9,15,19H,8,17H2,1-3H3,(H,18,22)(H,20,21);1H/t15-;/m0./s1. The van der Waals surface area contributed by atoms with E-state index in [1.807, 2.05) is 45.0 Å². The van der Waals surface area contributed by atoms with Gasteiger partial charge in [0, 0.05) is 22.3 Å². The van der Waals surface area contributed by atoms with Gasteiger partial charge in [-0.05, 0) is 37.1 Å². The largest absolute Gasteiger partial charge is 0.359 e. The molecule has 0 aliphatic rings. The van der Waals surface area contributed by atoms with E-state index in [1.165, 1.54) is 0 Å². The lowest BCUT2D eigenvalue weighted by Gasteiger charge is -2.15. The van der Waals surface area contributed by atoms with Crippen molar-refractivity contribution in [1.29, 1.82) is 0 Å². The second-order valence-corrected chi connectivity index (χ2v) is 5.79. The highest BCUT2D eigenvalue weighted by atomic mass is 35.5. The first kappa shape index (κ1) is 19.0. The summed E-state index contributed by atoms with van der Waals surface area (Å²) in [5.74, 6) is -0.569. The highest BCUT2D eigenvalue weighted by molar-refractivity contribution is 5.97. The number of hydrogen-bond donors (Lipinski definition) is 4. The molecule has 0 spiro atoms. The molecule has 0 aliphatic carbocycles. The van der Waals surface area contributed by atoms with E-state index in [0.29, 0.717) is 5.69 Å². The molecule has 126 valence electrons. The molecule has 1 aromatic heterocycles. The van der Waals surface area contributed by atoms with Gasteiger partial charge in [-0.25, -0.2) is 0 Å². The molecule has 0 saturated carbocycles. The number of nitrogens with two attached hydrogens (primary N) is 1. The molecule has 0 radical (unpaired) electrons. The van der Waals surface area contributed by atoms with Crippen LogP contribution in [0.4, 0.5) is 5.69 Å². The van der Waals surface area contributed by atoms with Gasteiger partial charge in [0.15, 0.2) is 0 Å². The average Bonchev–Trinajstić information content (AvgIpc) is 2.83. The van der Waals surface area contributed by atoms with Crippen LogP contribution in [0, 0.1) is 12.8 Å². The molecule has 6 nitrogen and oxygen atoms in total. The number of halogens is 1. The summed E-state index contributed by atoms with van der Waals surface area (Å²) in [5, 5.41) is 6.33. The van der Waals surface area contributed by atoms with Crippen LogP contribution in [0.5, 0.6) is 0 Å². The summed E-state index contributed by atoms with van der Waals surface area (Å²) in [6.45, 7) is 5.60. The van der Waals surface area contributed by atoms with Crippen LogP contribution in [0.2, 0.25) is 0 Å². The Morgan fingerprint density at radius 3 is 2.61 bits per heavy atom. The van der Waals surface area contributed by atoms with Crippen LogP contribution in [0.25, 0.3) is 10.9 Å². The van der Waals surface area contributed by atoms with Crippen molar-refractivity contribution in [2.45, 2.75) is 26.8 Å². The van der Waals surface area contributed by atoms with Gasteiger partial charge in [-0.2, -0.15) is 0 Å². The zero-order valence-electron chi connectivity index (χ0n) is 13.5. The molecule has 0 bridgehead atoms. The second-order valence-electron chi connectivity index (χ2n) is 5.79. The summed E-state index contributed by atoms with van der Waals surface area (Å²) in [5.41, 5.74) is 8.49. The highest BCUT2D eigenvalue weighted by Gasteiger charge is 2.17. The van der Waals surface area contributed by atoms with Crippen LogP contribution in [-0.4, -0.2) is 29.4 Å². The van der Waals surface area contributed by atoms with Crippen molar-refractivity contribution in [2.75, 3.05) is 11.9 Å². The highest BCUT2D eigenvalue weighted by Crippen LogP contribution is 2.19. The number of carbonyl (C=O) groups excluding carboxylic acids is 2. The first-order valence-corrected chi connectivity index (χ1v) is 7.29. The average molecular weight is 339 g/mol. The molecule has 0 fully saturated rings.